The van der Waals surface area contributed by atoms with Gasteiger partial charge in [0.05, 0.1) is 22.3 Å². The molecule has 3 aromatic rings. The molecule has 2 N–H and O–H groups in total. The van der Waals surface area contributed by atoms with Crippen LogP contribution in [0.4, 0.5) is 5.69 Å². The maximum absolute atomic E-state index is 13.1. The third-order valence-electron chi connectivity index (χ3n) is 4.93. The van der Waals surface area contributed by atoms with Crippen LogP contribution in [0.15, 0.2) is 29.3 Å². The summed E-state index contributed by atoms with van der Waals surface area (Å²) < 4.78 is 28.9. The molecule has 3 rings (SSSR count). The number of anilines is 1. The first-order valence-electron chi connectivity index (χ1n) is 7.76. The second kappa shape index (κ2) is 5.63. The summed E-state index contributed by atoms with van der Waals surface area (Å²) in [4.78, 5) is 0.364. The molecule has 0 spiro atoms. The number of hydrogen-bond acceptors (Lipinski definition) is 3. The fourth-order valence-electron chi connectivity index (χ4n) is 3.12. The lowest BCUT2D eigenvalue weighted by Crippen LogP contribution is -2.17. The van der Waals surface area contributed by atoms with Crippen LogP contribution in [0.25, 0.3) is 10.9 Å². The SMILES string of the molecule is Cc1c(C)c(C)c(S(=O)(=O)Nc2cccc3[nH]ncc23)c(C)c1C. The number of benzene rings is 2. The number of hydrogen-bond donors (Lipinski definition) is 2. The van der Waals surface area contributed by atoms with Gasteiger partial charge in [-0.2, -0.15) is 5.10 Å². The number of nitrogens with one attached hydrogen (secondary N) is 2. The maximum Gasteiger partial charge on any atom is 0.262 e. The van der Waals surface area contributed by atoms with Gasteiger partial charge >= 0.3 is 0 Å². The van der Waals surface area contributed by atoms with Crippen molar-refractivity contribution in [2.45, 2.75) is 39.5 Å². The van der Waals surface area contributed by atoms with Gasteiger partial charge in [-0.25, -0.2) is 8.42 Å². The van der Waals surface area contributed by atoms with Crippen LogP contribution in [0.1, 0.15) is 27.8 Å². The van der Waals surface area contributed by atoms with E-state index in [-0.39, 0.29) is 0 Å². The van der Waals surface area contributed by atoms with Crippen molar-refractivity contribution in [3.63, 3.8) is 0 Å². The van der Waals surface area contributed by atoms with Crippen LogP contribution in [0.3, 0.4) is 0 Å². The zero-order chi connectivity index (χ0) is 17.6. The van der Waals surface area contributed by atoms with Crippen molar-refractivity contribution in [1.29, 1.82) is 0 Å². The minimum absolute atomic E-state index is 0.364. The number of sulfonamides is 1. The average Bonchev–Trinajstić information content (AvgIpc) is 3.00. The quantitative estimate of drug-likeness (QED) is 0.757. The van der Waals surface area contributed by atoms with Crippen LogP contribution < -0.4 is 4.72 Å². The Bertz CT molecular complexity index is 1020. The first kappa shape index (κ1) is 16.5. The zero-order valence-electron chi connectivity index (χ0n) is 14.5. The summed E-state index contributed by atoms with van der Waals surface area (Å²) in [7, 11) is -3.70. The van der Waals surface area contributed by atoms with Crippen molar-refractivity contribution in [1.82, 2.24) is 10.2 Å². The van der Waals surface area contributed by atoms with Gasteiger partial charge in [0, 0.05) is 5.39 Å². The van der Waals surface area contributed by atoms with Gasteiger partial charge in [0.15, 0.2) is 0 Å². The van der Waals surface area contributed by atoms with E-state index in [1.165, 1.54) is 0 Å². The molecule has 1 heterocycles. The van der Waals surface area contributed by atoms with E-state index in [0.29, 0.717) is 10.6 Å². The molecule has 0 radical (unpaired) electrons. The Balaban J connectivity index is 2.18. The summed E-state index contributed by atoms with van der Waals surface area (Å²) in [5.41, 5.74) is 6.07. The van der Waals surface area contributed by atoms with Crippen molar-refractivity contribution in [3.8, 4) is 0 Å². The molecule has 0 unspecified atom stereocenters. The highest BCUT2D eigenvalue weighted by molar-refractivity contribution is 7.92. The number of nitrogens with zero attached hydrogens (tertiary/aromatic N) is 1. The normalized spacial score (nSPS) is 11.9. The number of aromatic nitrogens is 2. The Hall–Kier alpha value is -2.34. The predicted octanol–water partition coefficient (Wildman–Crippen LogP) is 3.91. The van der Waals surface area contributed by atoms with E-state index in [0.717, 1.165) is 38.7 Å². The summed E-state index contributed by atoms with van der Waals surface area (Å²) >= 11 is 0. The molecule has 0 saturated heterocycles. The molecule has 126 valence electrons. The molecular formula is C18H21N3O2S. The summed E-state index contributed by atoms with van der Waals surface area (Å²) in [6.07, 6.45) is 1.62. The lowest BCUT2D eigenvalue weighted by atomic mass is 9.95. The van der Waals surface area contributed by atoms with Crippen molar-refractivity contribution in [2.24, 2.45) is 0 Å². The van der Waals surface area contributed by atoms with Gasteiger partial charge in [0.2, 0.25) is 0 Å². The van der Waals surface area contributed by atoms with Crippen LogP contribution in [0.2, 0.25) is 0 Å². The fraction of sp³-hybridized carbons (Fsp3) is 0.278. The second-order valence-corrected chi connectivity index (χ2v) is 7.82. The van der Waals surface area contributed by atoms with E-state index in [1.54, 1.807) is 18.3 Å². The lowest BCUT2D eigenvalue weighted by molar-refractivity contribution is 0.599. The molecule has 0 fully saturated rings. The predicted molar refractivity (Wildman–Crippen MR) is 97.0 cm³/mol. The standard InChI is InChI=1S/C18H21N3O2S/c1-10-11(2)13(4)18(14(5)12(10)3)24(22,23)21-17-8-6-7-16-15(17)9-19-20-16/h6-9,21H,1-5H3,(H,19,20). The molecule has 6 heteroatoms. The monoisotopic (exact) mass is 343 g/mol. The van der Waals surface area contributed by atoms with Gasteiger partial charge in [-0.3, -0.25) is 9.82 Å². The van der Waals surface area contributed by atoms with Crippen molar-refractivity contribution in [2.75, 3.05) is 4.72 Å². The van der Waals surface area contributed by atoms with E-state index in [1.807, 2.05) is 40.7 Å². The number of H-pyrrole nitrogens is 1. The first-order valence-corrected chi connectivity index (χ1v) is 9.24. The zero-order valence-corrected chi connectivity index (χ0v) is 15.3. The van der Waals surface area contributed by atoms with Crippen molar-refractivity contribution in [3.05, 3.63) is 52.2 Å². The third kappa shape index (κ3) is 2.47. The largest absolute Gasteiger partial charge is 0.279 e. The molecule has 5 nitrogen and oxygen atoms in total. The molecule has 0 aliphatic heterocycles. The van der Waals surface area contributed by atoms with Crippen LogP contribution in [-0.4, -0.2) is 18.6 Å². The molecular weight excluding hydrogens is 322 g/mol. The minimum atomic E-state index is -3.70. The van der Waals surface area contributed by atoms with E-state index >= 15 is 0 Å². The summed E-state index contributed by atoms with van der Waals surface area (Å²) in [5, 5.41) is 7.58. The third-order valence-corrected chi connectivity index (χ3v) is 6.57. The first-order chi connectivity index (χ1) is 11.2. The average molecular weight is 343 g/mol. The van der Waals surface area contributed by atoms with E-state index in [9.17, 15) is 8.42 Å². The molecule has 0 saturated carbocycles. The van der Waals surface area contributed by atoms with E-state index < -0.39 is 10.0 Å². The Morgan fingerprint density at radius 1 is 0.917 bits per heavy atom. The topological polar surface area (TPSA) is 74.8 Å². The Morgan fingerprint density at radius 2 is 1.50 bits per heavy atom. The number of fused-ring (bicyclic) bond motifs is 1. The van der Waals surface area contributed by atoms with Crippen LogP contribution in [0.5, 0.6) is 0 Å². The molecule has 0 atom stereocenters. The Labute approximate surface area is 142 Å². The van der Waals surface area contributed by atoms with Crippen molar-refractivity contribution < 1.29 is 8.42 Å². The van der Waals surface area contributed by atoms with Gasteiger partial charge in [-0.1, -0.05) is 6.07 Å². The smallest absolute Gasteiger partial charge is 0.262 e. The molecule has 2 aromatic carbocycles. The highest BCUT2D eigenvalue weighted by Crippen LogP contribution is 2.32. The molecule has 24 heavy (non-hydrogen) atoms. The van der Waals surface area contributed by atoms with Gasteiger partial charge < -0.3 is 0 Å². The minimum Gasteiger partial charge on any atom is -0.279 e. The Morgan fingerprint density at radius 3 is 2.12 bits per heavy atom. The van der Waals surface area contributed by atoms with Gasteiger partial charge in [0.1, 0.15) is 0 Å². The van der Waals surface area contributed by atoms with Gasteiger partial charge in [-0.05, 0) is 74.6 Å². The maximum atomic E-state index is 13.1. The van der Waals surface area contributed by atoms with Crippen molar-refractivity contribution >= 4 is 26.6 Å². The molecule has 0 bridgehead atoms. The molecule has 0 amide bonds. The molecule has 1 aromatic heterocycles. The summed E-state index contributed by atoms with van der Waals surface area (Å²) in [6.45, 7) is 9.68. The van der Waals surface area contributed by atoms with Crippen LogP contribution in [0, 0.1) is 34.6 Å². The molecule has 0 aliphatic rings. The second-order valence-electron chi connectivity index (χ2n) is 6.20. The Kier molecular flexibility index (Phi) is 3.87. The van der Waals surface area contributed by atoms with Crippen LogP contribution >= 0.6 is 0 Å². The number of rotatable bonds is 3. The summed E-state index contributed by atoms with van der Waals surface area (Å²) in [6, 6.07) is 5.40. The summed E-state index contributed by atoms with van der Waals surface area (Å²) in [5.74, 6) is 0. The van der Waals surface area contributed by atoms with Gasteiger partial charge in [-0.15, -0.1) is 0 Å². The highest BCUT2D eigenvalue weighted by Gasteiger charge is 2.24. The van der Waals surface area contributed by atoms with E-state index in [4.69, 9.17) is 0 Å². The molecule has 0 aliphatic carbocycles. The van der Waals surface area contributed by atoms with E-state index in [2.05, 4.69) is 14.9 Å². The fourth-order valence-corrected chi connectivity index (χ4v) is 4.80. The lowest BCUT2D eigenvalue weighted by Gasteiger charge is -2.19. The highest BCUT2D eigenvalue weighted by atomic mass is 32.2. The van der Waals surface area contributed by atoms with Crippen LogP contribution in [-0.2, 0) is 10.0 Å². The number of aromatic amines is 1. The van der Waals surface area contributed by atoms with Gasteiger partial charge in [0.25, 0.3) is 10.0 Å².